The van der Waals surface area contributed by atoms with E-state index in [-0.39, 0.29) is 33.0 Å². The molecular formula is C22H14Cl5N5O4. The van der Waals surface area contributed by atoms with Gasteiger partial charge in [-0.2, -0.15) is 14.8 Å². The Hall–Kier alpha value is -2.69. The molecule has 0 aliphatic heterocycles. The van der Waals surface area contributed by atoms with E-state index in [1.807, 2.05) is 0 Å². The summed E-state index contributed by atoms with van der Waals surface area (Å²) < 4.78 is 4.37. The minimum atomic E-state index is -2.04. The average molecular weight is 590 g/mol. The Labute approximate surface area is 227 Å². The highest BCUT2D eigenvalue weighted by Gasteiger charge is 2.39. The second-order valence-corrected chi connectivity index (χ2v) is 10.6. The number of rotatable bonds is 6. The van der Waals surface area contributed by atoms with Crippen molar-refractivity contribution in [3.05, 3.63) is 90.4 Å². The van der Waals surface area contributed by atoms with Gasteiger partial charge in [0, 0.05) is 26.7 Å². The van der Waals surface area contributed by atoms with Crippen LogP contribution in [0.3, 0.4) is 0 Å². The van der Waals surface area contributed by atoms with Gasteiger partial charge in [-0.3, -0.25) is 14.6 Å². The largest absolute Gasteiger partial charge is 0.349 e. The fourth-order valence-electron chi connectivity index (χ4n) is 3.56. The van der Waals surface area contributed by atoms with Crippen LogP contribution in [0.1, 0.15) is 30.8 Å². The fraction of sp³-hybridized carbons (Fsp3) is 0.182. The summed E-state index contributed by atoms with van der Waals surface area (Å²) in [7, 11) is 0. The van der Waals surface area contributed by atoms with Crippen molar-refractivity contribution >= 4 is 63.2 Å². The van der Waals surface area contributed by atoms with E-state index in [2.05, 4.69) is 20.2 Å². The molecule has 0 unspecified atom stereocenters. The molecule has 2 heterocycles. The van der Waals surface area contributed by atoms with E-state index in [0.29, 0.717) is 11.1 Å². The van der Waals surface area contributed by atoms with Crippen LogP contribution in [-0.4, -0.2) is 30.1 Å². The molecule has 0 aliphatic rings. The van der Waals surface area contributed by atoms with Crippen LogP contribution in [0, 0.1) is 0 Å². The maximum absolute atomic E-state index is 12.1. The van der Waals surface area contributed by atoms with Crippen molar-refractivity contribution in [3.8, 4) is 17.1 Å². The number of aromatic amines is 1. The molecular weight excluding hydrogens is 576 g/mol. The number of nitrogens with zero attached hydrogens (tertiary/aromatic N) is 4. The lowest BCUT2D eigenvalue weighted by molar-refractivity contribution is -0.112. The van der Waals surface area contributed by atoms with Gasteiger partial charge in [0.1, 0.15) is 6.20 Å². The van der Waals surface area contributed by atoms with Gasteiger partial charge < -0.3 is 4.52 Å². The number of carbonyl (C=O) groups excluding carboxylic acids is 1. The van der Waals surface area contributed by atoms with Crippen LogP contribution in [-0.2, 0) is 14.5 Å². The number of carbonyl (C=O) groups is 1. The first-order valence-electron chi connectivity index (χ1n) is 10.0. The molecule has 2 aromatic heterocycles. The summed E-state index contributed by atoms with van der Waals surface area (Å²) in [6, 6.07) is 9.36. The summed E-state index contributed by atoms with van der Waals surface area (Å²) >= 11 is 31.1. The molecule has 0 fully saturated rings. The first-order valence-corrected chi connectivity index (χ1v) is 11.9. The third-order valence-corrected chi connectivity index (χ3v) is 7.16. The van der Waals surface area contributed by atoms with E-state index in [0.717, 1.165) is 10.9 Å². The smallest absolute Gasteiger partial charge is 0.334 e. The van der Waals surface area contributed by atoms with Crippen LogP contribution in [0.2, 0.25) is 10.0 Å². The normalized spacial score (nSPS) is 12.1. The number of hydrogen-bond acceptors (Lipinski definition) is 7. The second kappa shape index (κ2) is 9.64. The van der Waals surface area contributed by atoms with Crippen molar-refractivity contribution in [1.29, 1.82) is 0 Å². The molecule has 0 aliphatic carbocycles. The first kappa shape index (κ1) is 26.4. The van der Waals surface area contributed by atoms with Gasteiger partial charge in [0.2, 0.25) is 4.33 Å². The molecule has 4 aromatic rings. The summed E-state index contributed by atoms with van der Waals surface area (Å²) in [6.45, 7) is 3.53. The van der Waals surface area contributed by atoms with Gasteiger partial charge >= 0.3 is 5.69 Å². The third-order valence-electron chi connectivity index (χ3n) is 5.34. The zero-order valence-corrected chi connectivity index (χ0v) is 22.1. The molecule has 186 valence electrons. The lowest BCUT2D eigenvalue weighted by atomic mass is 9.83. The molecule has 0 radical (unpaired) electrons. The maximum Gasteiger partial charge on any atom is 0.349 e. The predicted molar refractivity (Wildman–Crippen MR) is 137 cm³/mol. The summed E-state index contributed by atoms with van der Waals surface area (Å²) in [5, 5.41) is 7.26. The van der Waals surface area contributed by atoms with Crippen molar-refractivity contribution in [1.82, 2.24) is 24.9 Å². The van der Waals surface area contributed by atoms with Gasteiger partial charge in [-0.1, -0.05) is 69.8 Å². The van der Waals surface area contributed by atoms with Crippen molar-refractivity contribution in [3.63, 3.8) is 0 Å². The Kier molecular flexibility index (Phi) is 7.07. The first-order chi connectivity index (χ1) is 16.8. The van der Waals surface area contributed by atoms with Crippen LogP contribution in [0.4, 0.5) is 0 Å². The highest BCUT2D eigenvalue weighted by Crippen LogP contribution is 2.43. The van der Waals surface area contributed by atoms with Crippen LogP contribution < -0.4 is 11.2 Å². The zero-order valence-electron chi connectivity index (χ0n) is 18.4. The number of H-pyrrole nitrogens is 1. The SMILES string of the molecule is CC(C)(c1noc(-c2ccccc2C(Cl)(Cl)C(=O)Cl)n1)c1c(Cl)cc(-n2ncc(=O)[nH]c2=O)cc1Cl. The monoisotopic (exact) mass is 587 g/mol. The molecule has 2 aromatic carbocycles. The molecule has 36 heavy (non-hydrogen) atoms. The molecule has 4 rings (SSSR count). The highest BCUT2D eigenvalue weighted by atomic mass is 35.5. The van der Waals surface area contributed by atoms with E-state index < -0.39 is 26.2 Å². The highest BCUT2D eigenvalue weighted by molar-refractivity contribution is 6.78. The van der Waals surface area contributed by atoms with E-state index >= 15 is 0 Å². The minimum Gasteiger partial charge on any atom is -0.334 e. The average Bonchev–Trinajstić information content (AvgIpc) is 3.29. The zero-order chi connectivity index (χ0) is 26.4. The standard InChI is InChI=1S/C22H14Cl5N5O4/c1-21(2,16-13(23)7-10(8-14(16)24)32-20(35)29-15(33)9-28-32)19-30-17(36-31-19)11-5-3-4-6-12(11)22(26,27)18(25)34/h3-9H,1-2H3,(H,29,33,35). The van der Waals surface area contributed by atoms with E-state index in [1.54, 1.807) is 32.0 Å². The Balaban J connectivity index is 1.78. The number of halogens is 5. The van der Waals surface area contributed by atoms with Crippen molar-refractivity contribution in [2.45, 2.75) is 23.6 Å². The molecule has 14 heteroatoms. The van der Waals surface area contributed by atoms with E-state index in [9.17, 15) is 14.4 Å². The summed E-state index contributed by atoms with van der Waals surface area (Å²) in [6.07, 6.45) is 0.952. The summed E-state index contributed by atoms with van der Waals surface area (Å²) in [5.41, 5.74) is -1.24. The number of aromatic nitrogens is 5. The summed E-state index contributed by atoms with van der Waals surface area (Å²) in [4.78, 5) is 41.8. The molecule has 0 bridgehead atoms. The topological polar surface area (TPSA) is 124 Å². The van der Waals surface area contributed by atoms with Gasteiger partial charge in [0.05, 0.1) is 11.1 Å². The Morgan fingerprint density at radius 1 is 1.08 bits per heavy atom. The van der Waals surface area contributed by atoms with Gasteiger partial charge in [-0.25, -0.2) is 4.79 Å². The van der Waals surface area contributed by atoms with Crippen LogP contribution in [0.25, 0.3) is 17.1 Å². The predicted octanol–water partition coefficient (Wildman–Crippen LogP) is 5.00. The second-order valence-electron chi connectivity index (χ2n) is 8.08. The molecule has 9 nitrogen and oxygen atoms in total. The van der Waals surface area contributed by atoms with Gasteiger partial charge in [0.25, 0.3) is 16.7 Å². The fourth-order valence-corrected chi connectivity index (χ4v) is 4.94. The van der Waals surface area contributed by atoms with Gasteiger partial charge in [-0.05, 0) is 43.6 Å². The van der Waals surface area contributed by atoms with Crippen LogP contribution in [0.15, 0.2) is 56.7 Å². The van der Waals surface area contributed by atoms with Gasteiger partial charge in [0.15, 0.2) is 5.82 Å². The quantitative estimate of drug-likeness (QED) is 0.248. The van der Waals surface area contributed by atoms with Crippen molar-refractivity contribution in [2.75, 3.05) is 0 Å². The Morgan fingerprint density at radius 3 is 2.33 bits per heavy atom. The molecule has 0 saturated carbocycles. The molecule has 0 spiro atoms. The number of nitrogens with one attached hydrogen (secondary N) is 1. The van der Waals surface area contributed by atoms with E-state index in [1.165, 1.54) is 18.2 Å². The van der Waals surface area contributed by atoms with Gasteiger partial charge in [-0.15, -0.1) is 0 Å². The molecule has 0 amide bonds. The Bertz CT molecular complexity index is 1590. The van der Waals surface area contributed by atoms with Crippen LogP contribution in [0.5, 0.6) is 0 Å². The number of alkyl halides is 2. The van der Waals surface area contributed by atoms with Crippen molar-refractivity contribution < 1.29 is 9.32 Å². The molecule has 1 N–H and O–H groups in total. The van der Waals surface area contributed by atoms with E-state index in [4.69, 9.17) is 62.5 Å². The van der Waals surface area contributed by atoms with Crippen molar-refractivity contribution in [2.24, 2.45) is 0 Å². The number of hydrogen-bond donors (Lipinski definition) is 1. The molecule has 0 atom stereocenters. The minimum absolute atomic E-state index is 0.0325. The third kappa shape index (κ3) is 4.69. The lowest BCUT2D eigenvalue weighted by Crippen LogP contribution is -2.30. The lowest BCUT2D eigenvalue weighted by Gasteiger charge is -2.24. The Morgan fingerprint density at radius 2 is 1.72 bits per heavy atom. The number of benzene rings is 2. The molecule has 0 saturated heterocycles. The maximum atomic E-state index is 12.1. The van der Waals surface area contributed by atoms with Crippen LogP contribution >= 0.6 is 58.0 Å². The summed E-state index contributed by atoms with van der Waals surface area (Å²) in [5.74, 6) is 0.236.